The van der Waals surface area contributed by atoms with E-state index >= 15 is 0 Å². The summed E-state index contributed by atoms with van der Waals surface area (Å²) in [5.74, 6) is 0.439. The number of fused-ring (bicyclic) bond motifs is 1. The number of aryl methyl sites for hydroxylation is 3. The van der Waals surface area contributed by atoms with Gasteiger partial charge in [-0.15, -0.1) is 11.3 Å². The molecule has 29 heavy (non-hydrogen) atoms. The molecule has 0 spiro atoms. The minimum absolute atomic E-state index is 0.0538. The SMILES string of the molecule is Cc1nn([C@H]2CCS(=O)(=O)C2)c(C)c1CN(C)C(=O)c1cc2c(s1)CCCCC2. The Kier molecular flexibility index (Phi) is 5.59. The van der Waals surface area contributed by atoms with Crippen LogP contribution < -0.4 is 0 Å². The molecule has 0 N–H and O–H groups in total. The van der Waals surface area contributed by atoms with Crippen molar-refractivity contribution >= 4 is 27.1 Å². The number of carbonyl (C=O) groups excluding carboxylic acids is 1. The van der Waals surface area contributed by atoms with Crippen LogP contribution in [0, 0.1) is 13.8 Å². The number of sulfone groups is 1. The van der Waals surface area contributed by atoms with Gasteiger partial charge in [0.05, 0.1) is 28.1 Å². The molecule has 4 rings (SSSR count). The quantitative estimate of drug-likeness (QED) is 0.690. The van der Waals surface area contributed by atoms with E-state index in [0.717, 1.165) is 34.7 Å². The van der Waals surface area contributed by atoms with Crippen LogP contribution in [0.15, 0.2) is 6.07 Å². The second kappa shape index (κ2) is 7.87. The number of thiophene rings is 1. The maximum absolute atomic E-state index is 13.1. The van der Waals surface area contributed by atoms with Crippen molar-refractivity contribution in [2.45, 2.75) is 65.0 Å². The van der Waals surface area contributed by atoms with Crippen LogP contribution in [0.25, 0.3) is 0 Å². The van der Waals surface area contributed by atoms with Gasteiger partial charge in [0.15, 0.2) is 9.84 Å². The second-order valence-corrected chi connectivity index (χ2v) is 11.8. The van der Waals surface area contributed by atoms with Gasteiger partial charge >= 0.3 is 0 Å². The Hall–Kier alpha value is -1.67. The van der Waals surface area contributed by atoms with Gasteiger partial charge in [0.1, 0.15) is 0 Å². The lowest BCUT2D eigenvalue weighted by molar-refractivity contribution is 0.0789. The first kappa shape index (κ1) is 20.6. The van der Waals surface area contributed by atoms with Crippen molar-refractivity contribution in [2.24, 2.45) is 0 Å². The van der Waals surface area contributed by atoms with Crippen LogP contribution in [0.4, 0.5) is 0 Å². The molecule has 6 nitrogen and oxygen atoms in total. The van der Waals surface area contributed by atoms with E-state index in [1.54, 1.807) is 16.2 Å². The summed E-state index contributed by atoms with van der Waals surface area (Å²) >= 11 is 1.65. The Morgan fingerprint density at radius 2 is 2.03 bits per heavy atom. The molecule has 2 aromatic heterocycles. The van der Waals surface area contributed by atoms with Gasteiger partial charge in [-0.25, -0.2) is 8.42 Å². The van der Waals surface area contributed by atoms with Gasteiger partial charge in [-0.05, 0) is 57.6 Å². The molecular formula is C21H29N3O3S2. The fourth-order valence-corrected chi connectivity index (χ4v) is 7.46. The first-order valence-corrected chi connectivity index (χ1v) is 13.0. The number of rotatable bonds is 4. The molecule has 158 valence electrons. The summed E-state index contributed by atoms with van der Waals surface area (Å²) in [6.07, 6.45) is 6.48. The third-order valence-corrected chi connectivity index (χ3v) is 9.20. The Morgan fingerprint density at radius 3 is 2.76 bits per heavy atom. The van der Waals surface area contributed by atoms with Crippen molar-refractivity contribution in [1.82, 2.24) is 14.7 Å². The molecule has 3 heterocycles. The molecule has 1 aliphatic carbocycles. The lowest BCUT2D eigenvalue weighted by atomic mass is 10.1. The Balaban J connectivity index is 1.51. The van der Waals surface area contributed by atoms with E-state index in [0.29, 0.717) is 13.0 Å². The van der Waals surface area contributed by atoms with E-state index in [1.807, 2.05) is 25.6 Å². The van der Waals surface area contributed by atoms with Crippen LogP contribution in [-0.2, 0) is 29.2 Å². The molecule has 0 radical (unpaired) electrons. The normalized spacial score (nSPS) is 21.0. The van der Waals surface area contributed by atoms with E-state index in [2.05, 4.69) is 11.2 Å². The lowest BCUT2D eigenvalue weighted by Crippen LogP contribution is -2.26. The number of amides is 1. The highest BCUT2D eigenvalue weighted by atomic mass is 32.2. The molecule has 8 heteroatoms. The maximum atomic E-state index is 13.1. The Labute approximate surface area is 176 Å². The van der Waals surface area contributed by atoms with E-state index in [1.165, 1.54) is 29.7 Å². The molecular weight excluding hydrogens is 406 g/mol. The van der Waals surface area contributed by atoms with Crippen LogP contribution in [0.1, 0.15) is 68.8 Å². The monoisotopic (exact) mass is 435 g/mol. The van der Waals surface area contributed by atoms with E-state index in [4.69, 9.17) is 0 Å². The topological polar surface area (TPSA) is 72.3 Å². The van der Waals surface area contributed by atoms with Crippen molar-refractivity contribution in [3.8, 4) is 0 Å². The minimum atomic E-state index is -2.96. The number of hydrogen-bond acceptors (Lipinski definition) is 5. The van der Waals surface area contributed by atoms with Crippen molar-refractivity contribution < 1.29 is 13.2 Å². The first-order valence-electron chi connectivity index (χ1n) is 10.4. The zero-order valence-electron chi connectivity index (χ0n) is 17.4. The average Bonchev–Trinajstić information content (AvgIpc) is 3.27. The summed E-state index contributed by atoms with van der Waals surface area (Å²) in [6, 6.07) is 2.00. The Bertz CT molecular complexity index is 1010. The van der Waals surface area contributed by atoms with E-state index in [9.17, 15) is 13.2 Å². The van der Waals surface area contributed by atoms with E-state index in [-0.39, 0.29) is 23.5 Å². The van der Waals surface area contributed by atoms with Gasteiger partial charge in [-0.3, -0.25) is 9.48 Å². The highest BCUT2D eigenvalue weighted by Crippen LogP contribution is 2.31. The van der Waals surface area contributed by atoms with Crippen molar-refractivity contribution in [2.75, 3.05) is 18.6 Å². The summed E-state index contributed by atoms with van der Waals surface area (Å²) in [7, 11) is -1.13. The summed E-state index contributed by atoms with van der Waals surface area (Å²) < 4.78 is 25.6. The number of aromatic nitrogens is 2. The third-order valence-electron chi connectivity index (χ3n) is 6.23. The lowest BCUT2D eigenvalue weighted by Gasteiger charge is -2.17. The Morgan fingerprint density at radius 1 is 1.28 bits per heavy atom. The van der Waals surface area contributed by atoms with Gasteiger partial charge in [0.2, 0.25) is 0 Å². The highest BCUT2D eigenvalue weighted by Gasteiger charge is 2.32. The maximum Gasteiger partial charge on any atom is 0.263 e. The molecule has 2 aromatic rings. The van der Waals surface area contributed by atoms with Crippen molar-refractivity contribution in [3.05, 3.63) is 38.3 Å². The highest BCUT2D eigenvalue weighted by molar-refractivity contribution is 7.91. The molecule has 0 aromatic carbocycles. The molecule has 0 unspecified atom stereocenters. The standard InChI is InChI=1S/C21H29N3O3S2/c1-14-18(15(2)24(22-14)17-9-10-29(26,27)13-17)12-23(3)21(25)20-11-16-7-5-4-6-8-19(16)28-20/h11,17H,4-10,12-13H2,1-3H3/t17-/m0/s1. The minimum Gasteiger partial charge on any atom is -0.337 e. The average molecular weight is 436 g/mol. The smallest absolute Gasteiger partial charge is 0.263 e. The fraction of sp³-hybridized carbons (Fsp3) is 0.619. The van der Waals surface area contributed by atoms with Gasteiger partial charge in [-0.2, -0.15) is 5.10 Å². The molecule has 0 bridgehead atoms. The zero-order chi connectivity index (χ0) is 20.8. The van der Waals surface area contributed by atoms with Crippen molar-refractivity contribution in [1.29, 1.82) is 0 Å². The fourth-order valence-electron chi connectivity index (χ4n) is 4.52. The largest absolute Gasteiger partial charge is 0.337 e. The molecule has 1 amide bonds. The van der Waals surface area contributed by atoms with E-state index < -0.39 is 9.84 Å². The zero-order valence-corrected chi connectivity index (χ0v) is 19.0. The second-order valence-electron chi connectivity index (χ2n) is 8.43. The number of carbonyl (C=O) groups is 1. The number of hydrogen-bond donors (Lipinski definition) is 0. The molecule has 2 aliphatic rings. The summed E-state index contributed by atoms with van der Waals surface area (Å²) in [5, 5.41) is 4.62. The van der Waals surface area contributed by atoms with Crippen LogP contribution in [0.2, 0.25) is 0 Å². The molecule has 1 fully saturated rings. The van der Waals surface area contributed by atoms with Crippen LogP contribution in [0.5, 0.6) is 0 Å². The van der Waals surface area contributed by atoms with Gasteiger partial charge in [0, 0.05) is 29.7 Å². The summed E-state index contributed by atoms with van der Waals surface area (Å²) in [4.78, 5) is 17.0. The van der Waals surface area contributed by atoms with Crippen molar-refractivity contribution in [3.63, 3.8) is 0 Å². The van der Waals surface area contributed by atoms with Crippen LogP contribution in [-0.4, -0.2) is 47.6 Å². The summed E-state index contributed by atoms with van der Waals surface area (Å²) in [6.45, 7) is 4.40. The molecule has 1 saturated heterocycles. The molecule has 1 atom stereocenters. The third kappa shape index (κ3) is 4.14. The molecule has 0 saturated carbocycles. The predicted molar refractivity (Wildman–Crippen MR) is 115 cm³/mol. The predicted octanol–water partition coefficient (Wildman–Crippen LogP) is 3.46. The first-order chi connectivity index (χ1) is 13.7. The summed E-state index contributed by atoms with van der Waals surface area (Å²) in [5.41, 5.74) is 4.20. The van der Waals surface area contributed by atoms with Crippen LogP contribution >= 0.6 is 11.3 Å². The van der Waals surface area contributed by atoms with Crippen LogP contribution in [0.3, 0.4) is 0 Å². The number of nitrogens with zero attached hydrogens (tertiary/aromatic N) is 3. The van der Waals surface area contributed by atoms with Gasteiger partial charge in [0.25, 0.3) is 5.91 Å². The van der Waals surface area contributed by atoms with Gasteiger partial charge in [-0.1, -0.05) is 6.42 Å². The molecule has 1 aliphatic heterocycles. The van der Waals surface area contributed by atoms with Gasteiger partial charge < -0.3 is 4.90 Å².